The van der Waals surface area contributed by atoms with Gasteiger partial charge in [0, 0.05) is 18.3 Å². The predicted molar refractivity (Wildman–Crippen MR) is 88.1 cm³/mol. The van der Waals surface area contributed by atoms with Gasteiger partial charge in [0.25, 0.3) is 9.84 Å². The Morgan fingerprint density at radius 2 is 1.72 bits per heavy atom. The van der Waals surface area contributed by atoms with Gasteiger partial charge in [0.05, 0.1) is 10.5 Å². The quantitative estimate of drug-likeness (QED) is 0.855. The number of nitrogens with one attached hydrogen (secondary N) is 1. The zero-order valence-corrected chi connectivity index (χ0v) is 14.6. The molecule has 1 spiro atoms. The van der Waals surface area contributed by atoms with E-state index in [-0.39, 0.29) is 11.6 Å². The van der Waals surface area contributed by atoms with Crippen LogP contribution < -0.4 is 5.32 Å². The Hall–Kier alpha value is -1.28. The molecule has 1 unspecified atom stereocenters. The molecule has 1 saturated carbocycles. The van der Waals surface area contributed by atoms with Gasteiger partial charge in [0.1, 0.15) is 0 Å². The van der Waals surface area contributed by atoms with E-state index in [2.05, 4.69) is 5.32 Å². The lowest BCUT2D eigenvalue weighted by atomic mass is 9.78. The smallest absolute Gasteiger partial charge is 0.382 e. The van der Waals surface area contributed by atoms with Gasteiger partial charge >= 0.3 is 5.51 Å². The molecule has 1 atom stereocenters. The summed E-state index contributed by atoms with van der Waals surface area (Å²) in [5.74, 6) is 0. The Balaban J connectivity index is 1.67. The first-order valence-electron chi connectivity index (χ1n) is 8.54. The highest BCUT2D eigenvalue weighted by Crippen LogP contribution is 2.39. The van der Waals surface area contributed by atoms with Crippen LogP contribution in [0.25, 0.3) is 0 Å². The van der Waals surface area contributed by atoms with E-state index in [0.717, 1.165) is 50.7 Å². The average Bonchev–Trinajstić information content (AvgIpc) is 2.55. The number of rotatable bonds is 3. The zero-order chi connectivity index (χ0) is 18.1. The van der Waals surface area contributed by atoms with Crippen LogP contribution in [0.3, 0.4) is 0 Å². The van der Waals surface area contributed by atoms with E-state index in [1.54, 1.807) is 0 Å². The van der Waals surface area contributed by atoms with E-state index in [0.29, 0.717) is 12.3 Å². The average molecular weight is 377 g/mol. The summed E-state index contributed by atoms with van der Waals surface area (Å²) >= 11 is 0. The number of halogens is 3. The van der Waals surface area contributed by atoms with E-state index in [1.165, 1.54) is 18.6 Å². The Morgan fingerprint density at radius 1 is 1.08 bits per heavy atom. The normalized spacial score (nSPS) is 24.2. The molecular formula is C17H22F3NO3S. The van der Waals surface area contributed by atoms with Crippen LogP contribution >= 0.6 is 0 Å². The molecule has 8 heteroatoms. The van der Waals surface area contributed by atoms with E-state index < -0.39 is 20.2 Å². The van der Waals surface area contributed by atoms with Crippen LogP contribution in [-0.2, 0) is 14.6 Å². The summed E-state index contributed by atoms with van der Waals surface area (Å²) in [5, 5.41) is 3.31. The van der Waals surface area contributed by atoms with Crippen molar-refractivity contribution in [2.75, 3.05) is 11.9 Å². The van der Waals surface area contributed by atoms with E-state index in [1.807, 2.05) is 0 Å². The van der Waals surface area contributed by atoms with Crippen molar-refractivity contribution in [3.63, 3.8) is 0 Å². The van der Waals surface area contributed by atoms with Crippen LogP contribution in [0, 0.1) is 0 Å². The molecule has 2 aliphatic rings. The van der Waals surface area contributed by atoms with Gasteiger partial charge in [0.15, 0.2) is 0 Å². The van der Waals surface area contributed by atoms with Gasteiger partial charge in [-0.3, -0.25) is 0 Å². The third-order valence-electron chi connectivity index (χ3n) is 5.10. The first kappa shape index (κ1) is 18.5. The molecule has 1 aromatic carbocycles. The molecule has 0 aromatic heterocycles. The number of alkyl halides is 3. The highest BCUT2D eigenvalue weighted by Gasteiger charge is 2.46. The van der Waals surface area contributed by atoms with E-state index in [4.69, 9.17) is 4.74 Å². The molecule has 2 fully saturated rings. The maximum absolute atomic E-state index is 12.6. The zero-order valence-electron chi connectivity index (χ0n) is 13.8. The van der Waals surface area contributed by atoms with Gasteiger partial charge in [-0.25, -0.2) is 8.42 Å². The highest BCUT2D eigenvalue weighted by molar-refractivity contribution is 7.92. The molecule has 0 bridgehead atoms. The lowest BCUT2D eigenvalue weighted by Crippen LogP contribution is -2.45. The maximum atomic E-state index is 12.6. The second-order valence-electron chi connectivity index (χ2n) is 6.90. The third kappa shape index (κ3) is 3.95. The molecule has 140 valence electrons. The first-order valence-corrected chi connectivity index (χ1v) is 10.0. The molecule has 0 amide bonds. The summed E-state index contributed by atoms with van der Waals surface area (Å²) < 4.78 is 66.6. The Kier molecular flexibility index (Phi) is 5.03. The molecule has 1 saturated heterocycles. The molecule has 1 aliphatic heterocycles. The van der Waals surface area contributed by atoms with Crippen LogP contribution in [0.15, 0.2) is 29.2 Å². The monoisotopic (exact) mass is 377 g/mol. The molecule has 25 heavy (non-hydrogen) atoms. The molecule has 4 nitrogen and oxygen atoms in total. The topological polar surface area (TPSA) is 55.4 Å². The molecule has 1 aliphatic carbocycles. The second-order valence-corrected chi connectivity index (χ2v) is 8.84. The van der Waals surface area contributed by atoms with Crippen molar-refractivity contribution in [1.29, 1.82) is 0 Å². The van der Waals surface area contributed by atoms with Crippen LogP contribution in [-0.4, -0.2) is 32.2 Å². The largest absolute Gasteiger partial charge is 0.501 e. The summed E-state index contributed by atoms with van der Waals surface area (Å²) in [5.41, 5.74) is -4.73. The molecule has 0 radical (unpaired) electrons. The van der Waals surface area contributed by atoms with Crippen LogP contribution in [0.2, 0.25) is 0 Å². The van der Waals surface area contributed by atoms with Crippen LogP contribution in [0.1, 0.15) is 44.9 Å². The number of ether oxygens (including phenoxy) is 1. The fourth-order valence-electron chi connectivity index (χ4n) is 3.80. The van der Waals surface area contributed by atoms with Gasteiger partial charge < -0.3 is 10.1 Å². The van der Waals surface area contributed by atoms with Crippen molar-refractivity contribution in [3.05, 3.63) is 24.3 Å². The Morgan fingerprint density at radius 3 is 2.32 bits per heavy atom. The molecule has 1 aromatic rings. The minimum absolute atomic E-state index is 0.0757. The Bertz CT molecular complexity index is 689. The van der Waals surface area contributed by atoms with Crippen molar-refractivity contribution < 1.29 is 26.3 Å². The number of hydrogen-bond donors (Lipinski definition) is 1. The SMILES string of the molecule is O=S(=O)(c1ccc(NC2CCOC3(CCCCC3)C2)cc1)C(F)(F)F. The van der Waals surface area contributed by atoms with Crippen molar-refractivity contribution >= 4 is 15.5 Å². The summed E-state index contributed by atoms with van der Waals surface area (Å²) in [7, 11) is -5.30. The Labute approximate surface area is 145 Å². The first-order chi connectivity index (χ1) is 11.7. The van der Waals surface area contributed by atoms with Crippen molar-refractivity contribution in [2.24, 2.45) is 0 Å². The predicted octanol–water partition coefficient (Wildman–Crippen LogP) is 4.27. The minimum atomic E-state index is -5.30. The molecule has 1 N–H and O–H groups in total. The minimum Gasteiger partial charge on any atom is -0.382 e. The summed E-state index contributed by atoms with van der Waals surface area (Å²) in [6.45, 7) is 0.665. The summed E-state index contributed by atoms with van der Waals surface area (Å²) in [6, 6.07) is 4.96. The number of hydrogen-bond acceptors (Lipinski definition) is 4. The third-order valence-corrected chi connectivity index (χ3v) is 6.60. The van der Waals surface area contributed by atoms with Crippen LogP contribution in [0.5, 0.6) is 0 Å². The highest BCUT2D eigenvalue weighted by atomic mass is 32.2. The van der Waals surface area contributed by atoms with E-state index in [9.17, 15) is 21.6 Å². The van der Waals surface area contributed by atoms with Gasteiger partial charge in [-0.1, -0.05) is 19.3 Å². The standard InChI is InChI=1S/C17H22F3NO3S/c18-17(19,20)25(22,23)15-6-4-13(5-7-15)21-14-8-11-24-16(12-14)9-2-1-3-10-16/h4-7,14,21H,1-3,8-12H2. The fourth-order valence-corrected chi connectivity index (χ4v) is 4.56. The maximum Gasteiger partial charge on any atom is 0.501 e. The lowest BCUT2D eigenvalue weighted by molar-refractivity contribution is -0.103. The second kappa shape index (κ2) is 6.79. The number of anilines is 1. The van der Waals surface area contributed by atoms with Gasteiger partial charge in [0.2, 0.25) is 0 Å². The summed E-state index contributed by atoms with van der Waals surface area (Å²) in [4.78, 5) is -0.735. The molecular weight excluding hydrogens is 355 g/mol. The fraction of sp³-hybridized carbons (Fsp3) is 0.647. The van der Waals surface area contributed by atoms with Gasteiger partial charge in [-0.05, 0) is 49.9 Å². The van der Waals surface area contributed by atoms with Crippen molar-refractivity contribution in [1.82, 2.24) is 0 Å². The van der Waals surface area contributed by atoms with Gasteiger partial charge in [-0.15, -0.1) is 0 Å². The summed E-state index contributed by atoms with van der Waals surface area (Å²) in [6.07, 6.45) is 7.35. The van der Waals surface area contributed by atoms with Crippen LogP contribution in [0.4, 0.5) is 18.9 Å². The number of benzene rings is 1. The van der Waals surface area contributed by atoms with E-state index >= 15 is 0 Å². The number of sulfone groups is 1. The lowest BCUT2D eigenvalue weighted by Gasteiger charge is -2.44. The molecule has 3 rings (SSSR count). The van der Waals surface area contributed by atoms with Crippen molar-refractivity contribution in [2.45, 2.75) is 67.0 Å². The van der Waals surface area contributed by atoms with Crippen molar-refractivity contribution in [3.8, 4) is 0 Å². The van der Waals surface area contributed by atoms with Gasteiger partial charge in [-0.2, -0.15) is 13.2 Å². The molecule has 1 heterocycles.